The molecule has 0 amide bonds. The van der Waals surface area contributed by atoms with Crippen LogP contribution in [0.15, 0.2) is 12.1 Å². The number of nitrogens with zero attached hydrogens (tertiary/aromatic N) is 1. The van der Waals surface area contributed by atoms with Crippen LogP contribution >= 0.6 is 0 Å². The van der Waals surface area contributed by atoms with Crippen molar-refractivity contribution in [3.05, 3.63) is 27.8 Å². The Labute approximate surface area is 302 Å². The molecule has 0 saturated carbocycles. The first kappa shape index (κ1) is 52.1. The van der Waals surface area contributed by atoms with Crippen LogP contribution in [0.25, 0.3) is 0 Å². The SMILES string of the molecule is CC(=O)c1cc(OCCCC(F)(F)C(F)(F)C(F)(F)C(F)(F)C(F)(F)C(F)(F)F)c(OCCCC(F)(F)C(F)(F)C(F)(F)C(F)(F)C(F)(F)C(F)(F)F)cc1[N+](=O)[O-]. The minimum absolute atomic E-state index is 0.0267. The Morgan fingerprint density at radius 1 is 0.500 bits per heavy atom. The third kappa shape index (κ3) is 8.54. The number of ether oxygens (including phenoxy) is 2. The van der Waals surface area contributed by atoms with E-state index in [9.17, 15) is 129 Å². The van der Waals surface area contributed by atoms with Crippen LogP contribution in [-0.2, 0) is 0 Å². The summed E-state index contributed by atoms with van der Waals surface area (Å²) in [7, 11) is 0. The van der Waals surface area contributed by atoms with Gasteiger partial charge in [-0.05, 0) is 19.8 Å². The Hall–Kier alpha value is -3.93. The molecule has 0 atom stereocenters. The molecule has 1 aromatic carbocycles. The van der Waals surface area contributed by atoms with Crippen LogP contribution < -0.4 is 9.47 Å². The zero-order valence-electron chi connectivity index (χ0n) is 27.2. The van der Waals surface area contributed by atoms with E-state index in [1.807, 2.05) is 0 Å². The van der Waals surface area contributed by atoms with E-state index in [2.05, 4.69) is 9.47 Å². The number of nitro benzene ring substituents is 1. The van der Waals surface area contributed by atoms with Crippen molar-refractivity contribution >= 4 is 11.5 Å². The molecule has 0 spiro atoms. The first-order valence-electron chi connectivity index (χ1n) is 14.3. The molecule has 0 bridgehead atoms. The second kappa shape index (κ2) is 15.6. The maximum absolute atomic E-state index is 14.1. The Morgan fingerprint density at radius 2 is 0.776 bits per heavy atom. The summed E-state index contributed by atoms with van der Waals surface area (Å²) in [6, 6.07) is 0.182. The van der Waals surface area contributed by atoms with E-state index in [0.29, 0.717) is 6.92 Å². The monoisotopic (exact) mass is 917 g/mol. The fraction of sp³-hybridized carbons (Fsp3) is 0.731. The van der Waals surface area contributed by atoms with Gasteiger partial charge < -0.3 is 9.47 Å². The molecule has 0 aliphatic rings. The highest BCUT2D eigenvalue weighted by Gasteiger charge is 2.92. The van der Waals surface area contributed by atoms with Crippen molar-refractivity contribution in [3.8, 4) is 11.5 Å². The topological polar surface area (TPSA) is 78.7 Å². The highest BCUT2D eigenvalue weighted by atomic mass is 19.4. The van der Waals surface area contributed by atoms with Gasteiger partial charge in [0.15, 0.2) is 17.3 Å². The summed E-state index contributed by atoms with van der Waals surface area (Å²) in [5.41, 5.74) is -2.48. The number of rotatable bonds is 20. The molecule has 32 heteroatoms. The summed E-state index contributed by atoms with van der Waals surface area (Å²) in [6.45, 7) is -2.86. The van der Waals surface area contributed by atoms with Gasteiger partial charge in [-0.1, -0.05) is 0 Å². The number of hydrogen-bond acceptors (Lipinski definition) is 5. The Balaban J connectivity index is 3.37. The van der Waals surface area contributed by atoms with E-state index >= 15 is 0 Å². The molecule has 1 rings (SSSR count). The predicted molar refractivity (Wildman–Crippen MR) is 134 cm³/mol. The quantitative estimate of drug-likeness (QED) is 0.0428. The molecule has 0 N–H and O–H groups in total. The Morgan fingerprint density at radius 3 is 1.03 bits per heavy atom. The fourth-order valence-corrected chi connectivity index (χ4v) is 4.08. The lowest BCUT2D eigenvalue weighted by atomic mass is 9.92. The summed E-state index contributed by atoms with van der Waals surface area (Å²) in [5.74, 6) is -81.7. The molecule has 338 valence electrons. The lowest BCUT2D eigenvalue weighted by Crippen LogP contribution is -2.70. The third-order valence-corrected chi connectivity index (χ3v) is 7.42. The van der Waals surface area contributed by atoms with Gasteiger partial charge in [-0.15, -0.1) is 0 Å². The van der Waals surface area contributed by atoms with E-state index in [1.165, 1.54) is 0 Å². The number of alkyl halides is 26. The van der Waals surface area contributed by atoms with Gasteiger partial charge in [-0.3, -0.25) is 14.9 Å². The molecule has 0 aliphatic heterocycles. The van der Waals surface area contributed by atoms with Crippen molar-refractivity contribution in [2.75, 3.05) is 13.2 Å². The van der Waals surface area contributed by atoms with Gasteiger partial charge in [0, 0.05) is 18.9 Å². The molecular weight excluding hydrogens is 900 g/mol. The number of benzene rings is 1. The second-order valence-corrected chi connectivity index (χ2v) is 11.5. The van der Waals surface area contributed by atoms with Crippen molar-refractivity contribution in [2.24, 2.45) is 0 Å². The largest absolute Gasteiger partial charge is 0.490 e. The third-order valence-electron chi connectivity index (χ3n) is 7.42. The lowest BCUT2D eigenvalue weighted by Gasteiger charge is -2.39. The number of halogens is 26. The van der Waals surface area contributed by atoms with Crippen LogP contribution in [0.3, 0.4) is 0 Å². The average Bonchev–Trinajstić information content (AvgIpc) is 3.03. The summed E-state index contributed by atoms with van der Waals surface area (Å²) in [4.78, 5) is 21.7. The zero-order valence-corrected chi connectivity index (χ0v) is 27.2. The van der Waals surface area contributed by atoms with E-state index in [0.717, 1.165) is 0 Å². The molecule has 0 aromatic heterocycles. The highest BCUT2D eigenvalue weighted by molar-refractivity contribution is 5.99. The predicted octanol–water partition coefficient (Wildman–Crippen LogP) is 11.6. The first-order valence-corrected chi connectivity index (χ1v) is 14.3. The molecule has 6 nitrogen and oxygen atoms in total. The molecule has 0 fully saturated rings. The van der Waals surface area contributed by atoms with Gasteiger partial charge in [0.1, 0.15) is 0 Å². The second-order valence-electron chi connectivity index (χ2n) is 11.5. The maximum Gasteiger partial charge on any atom is 0.460 e. The van der Waals surface area contributed by atoms with E-state index in [1.54, 1.807) is 0 Å². The zero-order chi connectivity index (χ0) is 46.5. The molecule has 0 unspecified atom stereocenters. The van der Waals surface area contributed by atoms with Crippen LogP contribution in [0.4, 0.5) is 120 Å². The smallest absolute Gasteiger partial charge is 0.460 e. The number of carbonyl (C=O) groups excluding carboxylic acids is 1. The van der Waals surface area contributed by atoms with Crippen molar-refractivity contribution in [2.45, 2.75) is 104 Å². The van der Waals surface area contributed by atoms with Crippen LogP contribution in [0, 0.1) is 10.1 Å². The molecule has 0 saturated heterocycles. The van der Waals surface area contributed by atoms with E-state index < -0.39 is 144 Å². The number of Topliss-reactive ketones (excluding diaryl/α,β-unsaturated/α-hetero) is 1. The number of hydrogen-bond donors (Lipinski definition) is 0. The normalized spacial score (nSPS) is 15.1. The molecule has 1 aromatic rings. The summed E-state index contributed by atoms with van der Waals surface area (Å²) >= 11 is 0. The van der Waals surface area contributed by atoms with Crippen molar-refractivity contribution < 1.29 is 133 Å². The molecular formula is C26H17F26NO5. The average molecular weight is 917 g/mol. The van der Waals surface area contributed by atoms with Crippen LogP contribution in [0.1, 0.15) is 43.0 Å². The van der Waals surface area contributed by atoms with E-state index in [4.69, 9.17) is 0 Å². The van der Waals surface area contributed by atoms with E-state index in [-0.39, 0.29) is 12.1 Å². The lowest BCUT2D eigenvalue weighted by molar-refractivity contribution is -0.440. The molecule has 0 radical (unpaired) electrons. The Kier molecular flexibility index (Phi) is 14.0. The van der Waals surface area contributed by atoms with Gasteiger partial charge in [-0.25, -0.2) is 0 Å². The van der Waals surface area contributed by atoms with Crippen molar-refractivity contribution in [1.82, 2.24) is 0 Å². The minimum Gasteiger partial charge on any atom is -0.490 e. The molecule has 58 heavy (non-hydrogen) atoms. The van der Waals surface area contributed by atoms with Gasteiger partial charge in [0.2, 0.25) is 0 Å². The van der Waals surface area contributed by atoms with Gasteiger partial charge in [0.25, 0.3) is 5.69 Å². The first-order chi connectivity index (χ1) is 25.3. The number of nitro groups is 1. The van der Waals surface area contributed by atoms with Gasteiger partial charge in [-0.2, -0.15) is 114 Å². The summed E-state index contributed by atoms with van der Waals surface area (Å²) < 4.78 is 355. The molecule has 0 heterocycles. The fourth-order valence-electron chi connectivity index (χ4n) is 4.08. The molecule has 0 aliphatic carbocycles. The summed E-state index contributed by atoms with van der Waals surface area (Å²) in [5, 5.41) is 11.3. The van der Waals surface area contributed by atoms with Gasteiger partial charge in [0.05, 0.1) is 29.8 Å². The number of ketones is 1. The standard InChI is InChI=1S/C26H17F26NO5/c1-10(54)11-8-13(57-6-2-4-15(27,28)17(31,32)19(35,36)21(39,40)23(43,44)25(47,48)49)14(9-12(11)53(55)56)58-7-3-5-16(29,30)18(33,34)20(37,38)22(41,42)24(45,46)26(50,51)52/h8-9H,2-7H2,1H3. The van der Waals surface area contributed by atoms with Gasteiger partial charge >= 0.3 is 71.6 Å². The van der Waals surface area contributed by atoms with Crippen molar-refractivity contribution in [3.63, 3.8) is 0 Å². The van der Waals surface area contributed by atoms with Crippen LogP contribution in [-0.4, -0.2) is 95.5 Å². The number of carbonyl (C=O) groups is 1. The van der Waals surface area contributed by atoms with Crippen LogP contribution in [0.5, 0.6) is 11.5 Å². The van der Waals surface area contributed by atoms with Crippen LogP contribution in [0.2, 0.25) is 0 Å². The maximum atomic E-state index is 14.1. The minimum atomic E-state index is -8.25. The summed E-state index contributed by atoms with van der Waals surface area (Å²) in [6.07, 6.45) is -25.0. The Bertz CT molecular complexity index is 1530. The highest BCUT2D eigenvalue weighted by Crippen LogP contribution is 2.62. The van der Waals surface area contributed by atoms with Crippen molar-refractivity contribution in [1.29, 1.82) is 0 Å².